The van der Waals surface area contributed by atoms with Gasteiger partial charge >= 0.3 is 0 Å². The maximum atomic E-state index is 12.6. The Morgan fingerprint density at radius 3 is 2.95 bits per heavy atom. The zero-order valence-corrected chi connectivity index (χ0v) is 12.6. The molecule has 0 bridgehead atoms. The molecule has 0 radical (unpaired) electrons. The number of aryl methyl sites for hydroxylation is 1. The number of carbonyl (C=O) groups is 1. The third-order valence-corrected chi connectivity index (χ3v) is 3.98. The summed E-state index contributed by atoms with van der Waals surface area (Å²) in [4.78, 5) is 18.7. The van der Waals surface area contributed by atoms with Crippen LogP contribution in [0.4, 0.5) is 0 Å². The number of nitrogens with zero attached hydrogens (tertiary/aromatic N) is 2. The fraction of sp³-hybridized carbons (Fsp3) is 0.250. The number of hydrogen-bond acceptors (Lipinski definition) is 2. The van der Waals surface area contributed by atoms with Crippen molar-refractivity contribution in [2.45, 2.75) is 19.4 Å². The van der Waals surface area contributed by atoms with Crippen LogP contribution in [0.5, 0.6) is 0 Å². The van der Waals surface area contributed by atoms with Gasteiger partial charge in [-0.05, 0) is 52.0 Å². The lowest BCUT2D eigenvalue weighted by Gasteiger charge is -2.21. The van der Waals surface area contributed by atoms with Crippen LogP contribution in [0.15, 0.2) is 47.2 Å². The summed E-state index contributed by atoms with van der Waals surface area (Å²) in [7, 11) is 0. The van der Waals surface area contributed by atoms with Crippen molar-refractivity contribution in [1.82, 2.24) is 9.88 Å². The lowest BCUT2D eigenvalue weighted by molar-refractivity contribution is 0.0748. The van der Waals surface area contributed by atoms with Gasteiger partial charge in [0, 0.05) is 35.5 Å². The summed E-state index contributed by atoms with van der Waals surface area (Å²) in [5.41, 5.74) is 3.05. The largest absolute Gasteiger partial charge is 0.334 e. The summed E-state index contributed by atoms with van der Waals surface area (Å²) in [6.07, 6.45) is 5.54. The highest BCUT2D eigenvalue weighted by Crippen LogP contribution is 2.20. The van der Waals surface area contributed by atoms with E-state index in [0.717, 1.165) is 40.5 Å². The van der Waals surface area contributed by atoms with Crippen LogP contribution in [0, 0.1) is 0 Å². The molecule has 20 heavy (non-hydrogen) atoms. The summed E-state index contributed by atoms with van der Waals surface area (Å²) in [6.45, 7) is 1.40. The molecule has 0 spiro atoms. The molecule has 0 fully saturated rings. The molecule has 3 nitrogen and oxygen atoms in total. The predicted molar refractivity (Wildman–Crippen MR) is 81.4 cm³/mol. The van der Waals surface area contributed by atoms with Crippen LogP contribution in [0.1, 0.15) is 27.9 Å². The maximum Gasteiger partial charge on any atom is 0.254 e. The Morgan fingerprint density at radius 1 is 1.25 bits per heavy atom. The quantitative estimate of drug-likeness (QED) is 0.845. The summed E-state index contributed by atoms with van der Waals surface area (Å²) >= 11 is 3.42. The van der Waals surface area contributed by atoms with Crippen LogP contribution in [0.2, 0.25) is 0 Å². The highest BCUT2D eigenvalue weighted by Gasteiger charge is 2.21. The zero-order valence-electron chi connectivity index (χ0n) is 11.1. The van der Waals surface area contributed by atoms with E-state index in [1.54, 1.807) is 6.20 Å². The zero-order chi connectivity index (χ0) is 13.9. The lowest BCUT2D eigenvalue weighted by Crippen LogP contribution is -2.30. The number of aromatic nitrogens is 1. The molecule has 1 aromatic heterocycles. The minimum Gasteiger partial charge on any atom is -0.334 e. The number of benzene rings is 1. The number of halogens is 1. The Hall–Kier alpha value is -1.68. The second-order valence-corrected chi connectivity index (χ2v) is 5.91. The van der Waals surface area contributed by atoms with E-state index in [1.165, 1.54) is 0 Å². The van der Waals surface area contributed by atoms with E-state index < -0.39 is 0 Å². The molecule has 2 heterocycles. The van der Waals surface area contributed by atoms with E-state index in [9.17, 15) is 4.79 Å². The number of rotatable bonds is 2. The average Bonchev–Trinajstić information content (AvgIpc) is 2.60. The summed E-state index contributed by atoms with van der Waals surface area (Å²) in [5.74, 6) is 0.123. The monoisotopic (exact) mass is 330 g/mol. The molecule has 2 aromatic rings. The van der Waals surface area contributed by atoms with Crippen LogP contribution in [-0.4, -0.2) is 22.3 Å². The van der Waals surface area contributed by atoms with Crippen molar-refractivity contribution in [1.29, 1.82) is 0 Å². The van der Waals surface area contributed by atoms with Gasteiger partial charge in [0.2, 0.25) is 0 Å². The van der Waals surface area contributed by atoms with Gasteiger partial charge < -0.3 is 4.90 Å². The van der Waals surface area contributed by atoms with Crippen molar-refractivity contribution in [3.05, 3.63) is 63.9 Å². The molecule has 1 aliphatic heterocycles. The molecule has 4 heteroatoms. The summed E-state index contributed by atoms with van der Waals surface area (Å²) < 4.78 is 0.942. The topological polar surface area (TPSA) is 33.2 Å². The van der Waals surface area contributed by atoms with Gasteiger partial charge in [0.25, 0.3) is 5.91 Å². The van der Waals surface area contributed by atoms with Crippen LogP contribution in [-0.2, 0) is 13.0 Å². The molecule has 102 valence electrons. The Morgan fingerprint density at radius 2 is 2.10 bits per heavy atom. The van der Waals surface area contributed by atoms with E-state index in [1.807, 2.05) is 35.4 Å². The van der Waals surface area contributed by atoms with Crippen molar-refractivity contribution >= 4 is 21.8 Å². The molecular formula is C16H15BrN2O. The van der Waals surface area contributed by atoms with Crippen LogP contribution >= 0.6 is 15.9 Å². The van der Waals surface area contributed by atoms with Crippen molar-refractivity contribution in [2.75, 3.05) is 6.54 Å². The molecule has 1 aliphatic rings. The van der Waals surface area contributed by atoms with Crippen molar-refractivity contribution in [3.8, 4) is 0 Å². The van der Waals surface area contributed by atoms with Crippen LogP contribution < -0.4 is 0 Å². The van der Waals surface area contributed by atoms with Gasteiger partial charge in [-0.2, -0.15) is 0 Å². The fourth-order valence-corrected chi connectivity index (χ4v) is 3.01. The average molecular weight is 331 g/mol. The Bertz CT molecular complexity index is 642. The van der Waals surface area contributed by atoms with Crippen LogP contribution in [0.25, 0.3) is 0 Å². The van der Waals surface area contributed by atoms with Gasteiger partial charge in [0.1, 0.15) is 0 Å². The third-order valence-electron chi connectivity index (χ3n) is 3.54. The molecule has 1 amide bonds. The van der Waals surface area contributed by atoms with Crippen LogP contribution in [0.3, 0.4) is 0 Å². The molecule has 1 aromatic carbocycles. The van der Waals surface area contributed by atoms with E-state index >= 15 is 0 Å². The van der Waals surface area contributed by atoms with Gasteiger partial charge in [-0.25, -0.2) is 0 Å². The SMILES string of the molecule is O=C1c2ccccc2CCCN1Cc1cncc(Br)c1. The first-order chi connectivity index (χ1) is 9.74. The Labute approximate surface area is 126 Å². The summed E-state index contributed by atoms with van der Waals surface area (Å²) in [5, 5.41) is 0. The smallest absolute Gasteiger partial charge is 0.254 e. The van der Waals surface area contributed by atoms with E-state index in [0.29, 0.717) is 6.54 Å². The first kappa shape index (κ1) is 13.3. The predicted octanol–water partition coefficient (Wildman–Crippen LogP) is 3.43. The lowest BCUT2D eigenvalue weighted by atomic mass is 10.0. The number of pyridine rings is 1. The van der Waals surface area contributed by atoms with Gasteiger partial charge in [0.05, 0.1) is 0 Å². The van der Waals surface area contributed by atoms with E-state index in [4.69, 9.17) is 0 Å². The van der Waals surface area contributed by atoms with Crippen molar-refractivity contribution in [3.63, 3.8) is 0 Å². The highest BCUT2D eigenvalue weighted by molar-refractivity contribution is 9.10. The van der Waals surface area contributed by atoms with Gasteiger partial charge in [-0.15, -0.1) is 0 Å². The maximum absolute atomic E-state index is 12.6. The molecule has 0 saturated carbocycles. The number of amides is 1. The van der Waals surface area contributed by atoms with Gasteiger partial charge in [-0.1, -0.05) is 18.2 Å². The molecule has 0 aliphatic carbocycles. The van der Waals surface area contributed by atoms with Gasteiger partial charge in [0.15, 0.2) is 0 Å². The molecule has 0 atom stereocenters. The first-order valence-electron chi connectivity index (χ1n) is 6.70. The van der Waals surface area contributed by atoms with E-state index in [-0.39, 0.29) is 5.91 Å². The highest BCUT2D eigenvalue weighted by atomic mass is 79.9. The fourth-order valence-electron chi connectivity index (χ4n) is 2.59. The third kappa shape index (κ3) is 2.75. The summed E-state index contributed by atoms with van der Waals surface area (Å²) in [6, 6.07) is 9.92. The Balaban J connectivity index is 1.86. The molecule has 3 rings (SSSR count). The van der Waals surface area contributed by atoms with Crippen molar-refractivity contribution < 1.29 is 4.79 Å². The second-order valence-electron chi connectivity index (χ2n) is 5.00. The molecule has 0 N–H and O–H groups in total. The van der Waals surface area contributed by atoms with Crippen molar-refractivity contribution in [2.24, 2.45) is 0 Å². The van der Waals surface area contributed by atoms with Gasteiger partial charge in [-0.3, -0.25) is 9.78 Å². The number of fused-ring (bicyclic) bond motifs is 1. The Kier molecular flexibility index (Phi) is 3.83. The first-order valence-corrected chi connectivity index (χ1v) is 7.50. The minimum atomic E-state index is 0.123. The minimum absolute atomic E-state index is 0.123. The molecule has 0 saturated heterocycles. The normalized spacial score (nSPS) is 14.8. The number of hydrogen-bond donors (Lipinski definition) is 0. The number of carbonyl (C=O) groups excluding carboxylic acids is 1. The second kappa shape index (κ2) is 5.75. The standard InChI is InChI=1S/C16H15BrN2O/c17-14-8-12(9-18-10-14)11-19-7-3-5-13-4-1-2-6-15(13)16(19)20/h1-2,4,6,8-10H,3,5,7,11H2. The van der Waals surface area contributed by atoms with E-state index in [2.05, 4.69) is 27.0 Å². The molecular weight excluding hydrogens is 316 g/mol. The molecule has 0 unspecified atom stereocenters.